The molecular formula is C29H36N2O5. The van der Waals surface area contributed by atoms with Crippen molar-refractivity contribution in [3.63, 3.8) is 0 Å². The van der Waals surface area contributed by atoms with E-state index < -0.39 is 0 Å². The smallest absolute Gasteiger partial charge is 0.275 e. The molecule has 0 fully saturated rings. The summed E-state index contributed by atoms with van der Waals surface area (Å²) in [5.41, 5.74) is 0.864. The number of hydrogen-bond donors (Lipinski definition) is 0. The van der Waals surface area contributed by atoms with Crippen molar-refractivity contribution in [2.45, 2.75) is 33.6 Å². The summed E-state index contributed by atoms with van der Waals surface area (Å²) in [5.74, 6) is 0. The molecule has 3 rings (SSSR count). The van der Waals surface area contributed by atoms with E-state index in [-0.39, 0.29) is 34.7 Å². The minimum atomic E-state index is -0.384. The Morgan fingerprint density at radius 2 is 1.25 bits per heavy atom. The van der Waals surface area contributed by atoms with Gasteiger partial charge in [0.25, 0.3) is 11.1 Å². The van der Waals surface area contributed by atoms with Crippen LogP contribution in [0.1, 0.15) is 31.9 Å². The lowest BCUT2D eigenvalue weighted by molar-refractivity contribution is -0.123. The second-order valence-electron chi connectivity index (χ2n) is 7.31. The van der Waals surface area contributed by atoms with Crippen molar-refractivity contribution in [1.82, 2.24) is 9.13 Å². The van der Waals surface area contributed by atoms with E-state index in [4.69, 9.17) is 9.47 Å². The molecule has 1 aromatic heterocycles. The Bertz CT molecular complexity index is 1290. The number of rotatable bonds is 8. The van der Waals surface area contributed by atoms with Gasteiger partial charge in [-0.1, -0.05) is 60.7 Å². The first-order valence-electron chi connectivity index (χ1n) is 11.7. The van der Waals surface area contributed by atoms with Crippen LogP contribution in [0.25, 0.3) is 12.2 Å². The van der Waals surface area contributed by atoms with Gasteiger partial charge in [-0.15, -0.1) is 13.2 Å². The molecule has 0 amide bonds. The van der Waals surface area contributed by atoms with Gasteiger partial charge in [-0.25, -0.2) is 0 Å². The molecular weight excluding hydrogens is 456 g/mol. The first kappa shape index (κ1) is 30.2. The first-order chi connectivity index (χ1) is 17.4. The number of ether oxygens (including phenoxy) is 2. The monoisotopic (exact) mass is 492 g/mol. The van der Waals surface area contributed by atoms with Gasteiger partial charge in [0.15, 0.2) is 6.29 Å². The standard InChI is InChI=1S/C21H18N2O3.C6H14O2.C2H4/c1-22-18(14-16-8-4-2-5-9-16)21(26)23(12-13-24)19(20(22)25)15-17-10-6-3-7-11-17;1-4-7-6(3)8-5-2;1-2/h2-11,13-15H,12H2,1H3;6H,4-5H2,1-3H3;1-2H2/b18-14-,19-15-;;. The van der Waals surface area contributed by atoms with Crippen molar-refractivity contribution in [3.8, 4) is 0 Å². The van der Waals surface area contributed by atoms with E-state index in [2.05, 4.69) is 13.2 Å². The van der Waals surface area contributed by atoms with Gasteiger partial charge in [-0.2, -0.15) is 0 Å². The predicted octanol–water partition coefficient (Wildman–Crippen LogP) is 2.61. The van der Waals surface area contributed by atoms with Crippen LogP contribution in [0.5, 0.6) is 0 Å². The maximum atomic E-state index is 12.9. The summed E-state index contributed by atoms with van der Waals surface area (Å²) in [6.45, 7) is 13.1. The number of aromatic nitrogens is 2. The number of aldehydes is 1. The zero-order valence-electron chi connectivity index (χ0n) is 21.6. The molecule has 192 valence electrons. The van der Waals surface area contributed by atoms with Gasteiger partial charge >= 0.3 is 0 Å². The maximum Gasteiger partial charge on any atom is 0.275 e. The third-order valence-electron chi connectivity index (χ3n) is 4.91. The molecule has 3 aromatic rings. The number of carbonyl (C=O) groups excluding carboxylic acids is 1. The summed E-state index contributed by atoms with van der Waals surface area (Å²) < 4.78 is 12.7. The third-order valence-corrected chi connectivity index (χ3v) is 4.91. The average molecular weight is 493 g/mol. The zero-order chi connectivity index (χ0) is 26.9. The second-order valence-corrected chi connectivity index (χ2v) is 7.31. The lowest BCUT2D eigenvalue weighted by atomic mass is 10.2. The van der Waals surface area contributed by atoms with Gasteiger partial charge < -0.3 is 18.8 Å². The molecule has 0 radical (unpaired) electrons. The molecule has 0 unspecified atom stereocenters. The van der Waals surface area contributed by atoms with Crippen LogP contribution < -0.4 is 21.8 Å². The van der Waals surface area contributed by atoms with Crippen molar-refractivity contribution in [2.75, 3.05) is 13.2 Å². The molecule has 1 heterocycles. The third kappa shape index (κ3) is 9.09. The average Bonchev–Trinajstić information content (AvgIpc) is 2.90. The topological polar surface area (TPSA) is 79.5 Å². The minimum Gasteiger partial charge on any atom is -0.353 e. The van der Waals surface area contributed by atoms with Crippen molar-refractivity contribution in [2.24, 2.45) is 7.05 Å². The molecule has 36 heavy (non-hydrogen) atoms. The Morgan fingerprint density at radius 1 is 0.806 bits per heavy atom. The Balaban J connectivity index is 0.000000554. The summed E-state index contributed by atoms with van der Waals surface area (Å²) in [6, 6.07) is 18.5. The van der Waals surface area contributed by atoms with Crippen LogP contribution in [0.4, 0.5) is 0 Å². The van der Waals surface area contributed by atoms with E-state index in [1.807, 2.05) is 81.4 Å². The number of carbonyl (C=O) groups is 1. The quantitative estimate of drug-likeness (QED) is 0.274. The summed E-state index contributed by atoms with van der Waals surface area (Å²) >= 11 is 0. The molecule has 0 N–H and O–H groups in total. The molecule has 2 aromatic carbocycles. The number of nitrogens with zero attached hydrogens (tertiary/aromatic N) is 2. The van der Waals surface area contributed by atoms with Crippen LogP contribution in [-0.2, 0) is 27.9 Å². The maximum absolute atomic E-state index is 12.9. The van der Waals surface area contributed by atoms with Crippen LogP contribution in [0.2, 0.25) is 0 Å². The SMILES string of the molecule is C=C.CCOC(C)OCC.Cn1c(=O)/c(=C/c2ccccc2)n(CC=O)c(=O)/c1=C/c1ccccc1. The van der Waals surface area contributed by atoms with Gasteiger partial charge in [0.05, 0.1) is 6.54 Å². The molecule has 0 spiro atoms. The van der Waals surface area contributed by atoms with E-state index in [1.165, 1.54) is 9.13 Å². The van der Waals surface area contributed by atoms with Crippen molar-refractivity contribution >= 4 is 18.4 Å². The summed E-state index contributed by atoms with van der Waals surface area (Å²) in [4.78, 5) is 36.9. The van der Waals surface area contributed by atoms with E-state index in [0.717, 1.165) is 24.3 Å². The Labute approximate surface area is 212 Å². The molecule has 7 nitrogen and oxygen atoms in total. The van der Waals surface area contributed by atoms with Gasteiger partial charge in [-0.3, -0.25) is 14.2 Å². The van der Waals surface area contributed by atoms with Gasteiger partial charge in [0.2, 0.25) is 0 Å². The Hall–Kier alpha value is -3.81. The van der Waals surface area contributed by atoms with Gasteiger partial charge in [-0.05, 0) is 44.1 Å². The largest absolute Gasteiger partial charge is 0.353 e. The fourth-order valence-corrected chi connectivity index (χ4v) is 3.27. The molecule has 0 aliphatic rings. The fraction of sp³-hybridized carbons (Fsp3) is 0.276. The van der Waals surface area contributed by atoms with Gasteiger partial charge in [0, 0.05) is 20.3 Å². The first-order valence-corrected chi connectivity index (χ1v) is 11.7. The van der Waals surface area contributed by atoms with Crippen LogP contribution in [0.3, 0.4) is 0 Å². The highest BCUT2D eigenvalue weighted by atomic mass is 16.7. The summed E-state index contributed by atoms with van der Waals surface area (Å²) in [7, 11) is 1.56. The van der Waals surface area contributed by atoms with Crippen LogP contribution in [0, 0.1) is 0 Å². The highest BCUT2D eigenvalue weighted by Gasteiger charge is 2.08. The normalized spacial score (nSPS) is 11.4. The second kappa shape index (κ2) is 16.8. The summed E-state index contributed by atoms with van der Waals surface area (Å²) in [6.07, 6.45) is 3.86. The van der Waals surface area contributed by atoms with E-state index in [1.54, 1.807) is 19.2 Å². The molecule has 0 atom stereocenters. The van der Waals surface area contributed by atoms with E-state index in [9.17, 15) is 14.4 Å². The lowest BCUT2D eigenvalue weighted by Crippen LogP contribution is -2.57. The highest BCUT2D eigenvalue weighted by molar-refractivity contribution is 5.52. The number of benzene rings is 2. The van der Waals surface area contributed by atoms with Crippen molar-refractivity contribution < 1.29 is 14.3 Å². The zero-order valence-corrected chi connectivity index (χ0v) is 21.6. The molecule has 0 saturated heterocycles. The van der Waals surface area contributed by atoms with Crippen molar-refractivity contribution in [3.05, 3.63) is 116 Å². The molecule has 0 aliphatic heterocycles. The minimum absolute atomic E-state index is 0.0370. The van der Waals surface area contributed by atoms with Crippen LogP contribution >= 0.6 is 0 Å². The molecule has 7 heteroatoms. The molecule has 0 bridgehead atoms. The lowest BCUT2D eigenvalue weighted by Gasteiger charge is -2.09. The molecule has 0 saturated carbocycles. The van der Waals surface area contributed by atoms with Crippen LogP contribution in [-0.4, -0.2) is 34.9 Å². The fourth-order valence-electron chi connectivity index (χ4n) is 3.27. The summed E-state index contributed by atoms with van der Waals surface area (Å²) in [5, 5.41) is 0.411. The van der Waals surface area contributed by atoms with E-state index >= 15 is 0 Å². The Kier molecular flexibility index (Phi) is 14.1. The number of hydrogen-bond acceptors (Lipinski definition) is 5. The van der Waals surface area contributed by atoms with Crippen LogP contribution in [0.15, 0.2) is 83.4 Å². The Morgan fingerprint density at radius 3 is 1.67 bits per heavy atom. The highest BCUT2D eigenvalue weighted by Crippen LogP contribution is 1.98. The predicted molar refractivity (Wildman–Crippen MR) is 145 cm³/mol. The molecule has 0 aliphatic carbocycles. The van der Waals surface area contributed by atoms with Gasteiger partial charge in [0.1, 0.15) is 17.0 Å². The van der Waals surface area contributed by atoms with Crippen molar-refractivity contribution in [1.29, 1.82) is 0 Å². The van der Waals surface area contributed by atoms with E-state index in [0.29, 0.717) is 6.29 Å².